The van der Waals surface area contributed by atoms with Gasteiger partial charge >= 0.3 is 5.97 Å². The molecule has 0 saturated carbocycles. The summed E-state index contributed by atoms with van der Waals surface area (Å²) < 4.78 is 10.2. The summed E-state index contributed by atoms with van der Waals surface area (Å²) >= 11 is 0. The first kappa shape index (κ1) is 15.4. The predicted molar refractivity (Wildman–Crippen MR) is 64.4 cm³/mol. The zero-order chi connectivity index (χ0) is 12.4. The van der Waals surface area contributed by atoms with Crippen molar-refractivity contribution in [1.82, 2.24) is 5.32 Å². The van der Waals surface area contributed by atoms with Gasteiger partial charge in [-0.15, -0.1) is 0 Å². The van der Waals surface area contributed by atoms with Gasteiger partial charge in [-0.05, 0) is 18.9 Å². The van der Waals surface area contributed by atoms with Gasteiger partial charge in [0.25, 0.3) is 0 Å². The number of hydrogen-bond acceptors (Lipinski definition) is 4. The minimum Gasteiger partial charge on any atom is -0.468 e. The topological polar surface area (TPSA) is 47.6 Å². The second kappa shape index (κ2) is 9.60. The third-order valence-corrected chi connectivity index (χ3v) is 2.40. The van der Waals surface area contributed by atoms with E-state index in [4.69, 9.17) is 4.74 Å². The van der Waals surface area contributed by atoms with Crippen LogP contribution in [0.25, 0.3) is 0 Å². The summed E-state index contributed by atoms with van der Waals surface area (Å²) in [6.07, 6.45) is 2.32. The molecule has 16 heavy (non-hydrogen) atoms. The first-order valence-corrected chi connectivity index (χ1v) is 6.04. The lowest BCUT2D eigenvalue weighted by Gasteiger charge is -2.17. The van der Waals surface area contributed by atoms with Crippen molar-refractivity contribution in [2.45, 2.75) is 39.7 Å². The van der Waals surface area contributed by atoms with Crippen LogP contribution in [0, 0.1) is 5.92 Å². The smallest absolute Gasteiger partial charge is 0.325 e. The van der Waals surface area contributed by atoms with Crippen LogP contribution in [-0.2, 0) is 14.3 Å². The van der Waals surface area contributed by atoms with E-state index in [-0.39, 0.29) is 12.0 Å². The van der Waals surface area contributed by atoms with Crippen molar-refractivity contribution in [3.8, 4) is 0 Å². The van der Waals surface area contributed by atoms with Crippen molar-refractivity contribution >= 4 is 5.97 Å². The molecule has 0 radical (unpaired) electrons. The highest BCUT2D eigenvalue weighted by Gasteiger charge is 2.18. The fourth-order valence-electron chi connectivity index (χ4n) is 1.56. The van der Waals surface area contributed by atoms with Crippen molar-refractivity contribution in [3.63, 3.8) is 0 Å². The van der Waals surface area contributed by atoms with Gasteiger partial charge in [0.05, 0.1) is 13.7 Å². The van der Waals surface area contributed by atoms with Crippen molar-refractivity contribution in [1.29, 1.82) is 0 Å². The standard InChI is InChI=1S/C12H25NO3/c1-5-7-10(3)8-16-9-11(13-6-2)12(14)15-4/h10-11,13H,5-9H2,1-4H3. The van der Waals surface area contributed by atoms with Gasteiger partial charge in [0.1, 0.15) is 6.04 Å². The van der Waals surface area contributed by atoms with E-state index >= 15 is 0 Å². The molecule has 0 aromatic carbocycles. The molecular formula is C12H25NO3. The van der Waals surface area contributed by atoms with Crippen LogP contribution >= 0.6 is 0 Å². The Bertz CT molecular complexity index is 185. The van der Waals surface area contributed by atoms with E-state index in [0.29, 0.717) is 19.1 Å². The van der Waals surface area contributed by atoms with Crippen molar-refractivity contribution in [2.24, 2.45) is 5.92 Å². The van der Waals surface area contributed by atoms with Gasteiger partial charge in [-0.1, -0.05) is 27.2 Å². The molecule has 0 aromatic rings. The maximum absolute atomic E-state index is 11.3. The van der Waals surface area contributed by atoms with Crippen LogP contribution in [0.5, 0.6) is 0 Å². The molecule has 2 atom stereocenters. The second-order valence-electron chi connectivity index (χ2n) is 4.06. The summed E-state index contributed by atoms with van der Waals surface area (Å²) in [5.74, 6) is 0.287. The largest absolute Gasteiger partial charge is 0.468 e. The lowest BCUT2D eigenvalue weighted by Crippen LogP contribution is -2.41. The third-order valence-electron chi connectivity index (χ3n) is 2.40. The summed E-state index contributed by atoms with van der Waals surface area (Å²) in [4.78, 5) is 11.3. The minimum absolute atomic E-state index is 0.259. The average molecular weight is 231 g/mol. The van der Waals surface area contributed by atoms with Crippen LogP contribution in [0.3, 0.4) is 0 Å². The molecule has 0 bridgehead atoms. The summed E-state index contributed by atoms with van der Waals surface area (Å²) in [5, 5.41) is 3.04. The SMILES string of the molecule is CCCC(C)COCC(NCC)C(=O)OC. The molecule has 0 amide bonds. The molecule has 0 aliphatic heterocycles. The molecule has 2 unspecified atom stereocenters. The zero-order valence-corrected chi connectivity index (χ0v) is 10.9. The number of hydrogen-bond donors (Lipinski definition) is 1. The van der Waals surface area contributed by atoms with Crippen LogP contribution in [0.4, 0.5) is 0 Å². The number of carbonyl (C=O) groups excluding carboxylic acids is 1. The van der Waals surface area contributed by atoms with Crippen molar-refractivity contribution in [2.75, 3.05) is 26.9 Å². The number of esters is 1. The molecule has 4 heteroatoms. The Kier molecular flexibility index (Phi) is 9.24. The molecule has 0 rings (SSSR count). The van der Waals surface area contributed by atoms with Crippen LogP contribution in [0.2, 0.25) is 0 Å². The average Bonchev–Trinajstić information content (AvgIpc) is 2.27. The van der Waals surface area contributed by atoms with Crippen LogP contribution in [-0.4, -0.2) is 38.9 Å². The molecule has 0 aromatic heterocycles. The number of likely N-dealkylation sites (N-methyl/N-ethyl adjacent to an activating group) is 1. The fraction of sp³-hybridized carbons (Fsp3) is 0.917. The second-order valence-corrected chi connectivity index (χ2v) is 4.06. The Morgan fingerprint density at radius 3 is 2.50 bits per heavy atom. The molecule has 4 nitrogen and oxygen atoms in total. The van der Waals surface area contributed by atoms with Crippen molar-refractivity contribution < 1.29 is 14.3 Å². The number of methoxy groups -OCH3 is 1. The maximum Gasteiger partial charge on any atom is 0.325 e. The molecule has 0 heterocycles. The molecule has 0 aliphatic carbocycles. The molecule has 0 spiro atoms. The van der Waals surface area contributed by atoms with E-state index in [1.165, 1.54) is 7.11 Å². The van der Waals surface area contributed by atoms with E-state index in [9.17, 15) is 4.79 Å². The summed E-state index contributed by atoms with van der Waals surface area (Å²) in [6, 6.07) is -0.344. The lowest BCUT2D eigenvalue weighted by molar-refractivity contribution is -0.144. The van der Waals surface area contributed by atoms with E-state index in [0.717, 1.165) is 19.4 Å². The van der Waals surface area contributed by atoms with E-state index < -0.39 is 0 Å². The van der Waals surface area contributed by atoms with Gasteiger partial charge in [0.2, 0.25) is 0 Å². The number of rotatable bonds is 9. The highest BCUT2D eigenvalue weighted by atomic mass is 16.5. The fourth-order valence-corrected chi connectivity index (χ4v) is 1.56. The Morgan fingerprint density at radius 1 is 1.31 bits per heavy atom. The first-order valence-electron chi connectivity index (χ1n) is 6.04. The van der Waals surface area contributed by atoms with Gasteiger partial charge in [-0.3, -0.25) is 4.79 Å². The van der Waals surface area contributed by atoms with Gasteiger partial charge in [0.15, 0.2) is 0 Å². The first-order chi connectivity index (χ1) is 7.65. The Labute approximate surface area is 98.7 Å². The number of ether oxygens (including phenoxy) is 2. The molecule has 0 aliphatic rings. The summed E-state index contributed by atoms with van der Waals surface area (Å²) in [7, 11) is 1.40. The molecular weight excluding hydrogens is 206 g/mol. The van der Waals surface area contributed by atoms with Crippen molar-refractivity contribution in [3.05, 3.63) is 0 Å². The van der Waals surface area contributed by atoms with E-state index in [1.54, 1.807) is 0 Å². The Balaban J connectivity index is 3.79. The maximum atomic E-state index is 11.3. The van der Waals surface area contributed by atoms with Gasteiger partial charge in [0, 0.05) is 6.61 Å². The Morgan fingerprint density at radius 2 is 2.00 bits per heavy atom. The van der Waals surface area contributed by atoms with Gasteiger partial charge < -0.3 is 14.8 Å². The van der Waals surface area contributed by atoms with E-state index in [1.807, 2.05) is 6.92 Å². The zero-order valence-electron chi connectivity index (χ0n) is 10.9. The quantitative estimate of drug-likeness (QED) is 0.612. The van der Waals surface area contributed by atoms with E-state index in [2.05, 4.69) is 23.9 Å². The minimum atomic E-state index is -0.344. The molecule has 1 N–H and O–H groups in total. The summed E-state index contributed by atoms with van der Waals surface area (Å²) in [5.41, 5.74) is 0. The molecule has 0 saturated heterocycles. The number of nitrogens with one attached hydrogen (secondary N) is 1. The van der Waals surface area contributed by atoms with Gasteiger partial charge in [-0.25, -0.2) is 0 Å². The Hall–Kier alpha value is -0.610. The lowest BCUT2D eigenvalue weighted by atomic mass is 10.1. The monoisotopic (exact) mass is 231 g/mol. The molecule has 0 fully saturated rings. The van der Waals surface area contributed by atoms with Crippen LogP contribution in [0.15, 0.2) is 0 Å². The molecule has 96 valence electrons. The highest BCUT2D eigenvalue weighted by molar-refractivity contribution is 5.75. The number of carbonyl (C=O) groups is 1. The van der Waals surface area contributed by atoms with Crippen LogP contribution < -0.4 is 5.32 Å². The third kappa shape index (κ3) is 6.80. The normalized spacial score (nSPS) is 14.5. The predicted octanol–water partition coefficient (Wildman–Crippen LogP) is 1.59. The summed E-state index contributed by atoms with van der Waals surface area (Å²) in [6.45, 7) is 8.08. The van der Waals surface area contributed by atoms with Gasteiger partial charge in [-0.2, -0.15) is 0 Å². The van der Waals surface area contributed by atoms with Crippen LogP contribution in [0.1, 0.15) is 33.6 Å². The highest BCUT2D eigenvalue weighted by Crippen LogP contribution is 2.05.